The second-order valence-electron chi connectivity index (χ2n) is 9.33. The maximum atomic E-state index is 9.31. The minimum absolute atomic E-state index is 0.0715. The van der Waals surface area contributed by atoms with Crippen molar-refractivity contribution in [1.82, 2.24) is 15.0 Å². The van der Waals surface area contributed by atoms with Crippen molar-refractivity contribution in [1.29, 1.82) is 10.5 Å². The van der Waals surface area contributed by atoms with Gasteiger partial charge in [0.2, 0.25) is 11.8 Å². The van der Waals surface area contributed by atoms with Gasteiger partial charge in [0.25, 0.3) is 0 Å². The van der Waals surface area contributed by atoms with E-state index in [-0.39, 0.29) is 11.0 Å². The fourth-order valence-electron chi connectivity index (χ4n) is 5.20. The average Bonchev–Trinajstić information content (AvgIpc) is 2.98. The SMILES string of the molecule is Cc1cc(/C=C/C#N)cc(C)c1Oc1nc(NC23CC(C#N)(C2)C3)nc2[nH]c(C)c(C)c12. The van der Waals surface area contributed by atoms with Gasteiger partial charge in [-0.2, -0.15) is 20.5 Å². The molecule has 0 saturated heterocycles. The Balaban J connectivity index is 1.53. The molecule has 0 amide bonds. The molecule has 0 atom stereocenters. The van der Waals surface area contributed by atoms with E-state index >= 15 is 0 Å². The molecule has 3 aliphatic rings. The van der Waals surface area contributed by atoms with Crippen LogP contribution in [0.5, 0.6) is 11.6 Å². The van der Waals surface area contributed by atoms with Gasteiger partial charge in [-0.25, -0.2) is 0 Å². The van der Waals surface area contributed by atoms with Crippen LogP contribution in [-0.2, 0) is 0 Å². The second kappa shape index (κ2) is 6.83. The number of nitrogens with zero attached hydrogens (tertiary/aromatic N) is 4. The zero-order valence-electron chi connectivity index (χ0n) is 18.6. The van der Waals surface area contributed by atoms with Crippen LogP contribution in [0.3, 0.4) is 0 Å². The van der Waals surface area contributed by atoms with Gasteiger partial charge in [-0.05, 0) is 87.4 Å². The maximum Gasteiger partial charge on any atom is 0.233 e. The molecule has 0 aliphatic heterocycles. The summed E-state index contributed by atoms with van der Waals surface area (Å²) in [5.41, 5.74) is 5.47. The van der Waals surface area contributed by atoms with Gasteiger partial charge >= 0.3 is 0 Å². The first-order valence-corrected chi connectivity index (χ1v) is 10.7. The first-order valence-electron chi connectivity index (χ1n) is 10.7. The van der Waals surface area contributed by atoms with E-state index in [1.165, 1.54) is 6.08 Å². The Morgan fingerprint density at radius 2 is 1.78 bits per heavy atom. The normalized spacial score (nSPS) is 23.3. The van der Waals surface area contributed by atoms with Crippen molar-refractivity contribution in [2.24, 2.45) is 5.41 Å². The maximum absolute atomic E-state index is 9.31. The molecule has 3 aliphatic carbocycles. The summed E-state index contributed by atoms with van der Waals surface area (Å²) in [6.07, 6.45) is 5.77. The van der Waals surface area contributed by atoms with Crippen molar-refractivity contribution in [2.75, 3.05) is 5.32 Å². The van der Waals surface area contributed by atoms with Crippen LogP contribution in [0.4, 0.5) is 5.95 Å². The third-order valence-corrected chi connectivity index (χ3v) is 6.80. The van der Waals surface area contributed by atoms with Crippen molar-refractivity contribution in [3.8, 4) is 23.8 Å². The highest BCUT2D eigenvalue weighted by Crippen LogP contribution is 2.67. The molecule has 2 heterocycles. The van der Waals surface area contributed by atoms with Crippen molar-refractivity contribution < 1.29 is 4.74 Å². The summed E-state index contributed by atoms with van der Waals surface area (Å²) < 4.78 is 6.41. The molecular weight excluding hydrogens is 400 g/mol. The fraction of sp³-hybridized carbons (Fsp3) is 0.360. The van der Waals surface area contributed by atoms with E-state index in [2.05, 4.69) is 16.4 Å². The zero-order valence-corrected chi connectivity index (χ0v) is 18.6. The van der Waals surface area contributed by atoms with Crippen LogP contribution in [0, 0.1) is 55.8 Å². The van der Waals surface area contributed by atoms with Crippen LogP contribution >= 0.6 is 0 Å². The Bertz CT molecular complexity index is 1340. The van der Waals surface area contributed by atoms with Gasteiger partial charge < -0.3 is 15.0 Å². The van der Waals surface area contributed by atoms with E-state index < -0.39 is 0 Å². The summed E-state index contributed by atoms with van der Waals surface area (Å²) >= 11 is 0. The molecule has 3 fully saturated rings. The number of anilines is 1. The molecular formula is C25H24N6O. The monoisotopic (exact) mass is 424 g/mol. The summed E-state index contributed by atoms with van der Waals surface area (Å²) in [7, 11) is 0. The number of aryl methyl sites for hydroxylation is 4. The Hall–Kier alpha value is -3.84. The molecule has 3 saturated carbocycles. The number of ether oxygens (including phenoxy) is 1. The Kier molecular flexibility index (Phi) is 4.29. The summed E-state index contributed by atoms with van der Waals surface area (Å²) in [5.74, 6) is 1.77. The van der Waals surface area contributed by atoms with Crippen LogP contribution in [-0.4, -0.2) is 20.5 Å². The minimum Gasteiger partial charge on any atom is -0.438 e. The van der Waals surface area contributed by atoms with Gasteiger partial charge in [-0.3, -0.25) is 0 Å². The number of aromatic amines is 1. The number of aromatic nitrogens is 3. The number of nitriles is 2. The topological polar surface area (TPSA) is 110 Å². The van der Waals surface area contributed by atoms with E-state index in [1.807, 2.05) is 45.9 Å². The van der Waals surface area contributed by atoms with Crippen molar-refractivity contribution >= 4 is 23.1 Å². The lowest BCUT2D eigenvalue weighted by atomic mass is 9.40. The van der Waals surface area contributed by atoms with Crippen LogP contribution < -0.4 is 10.1 Å². The first kappa shape index (κ1) is 20.1. The molecule has 2 N–H and O–H groups in total. The van der Waals surface area contributed by atoms with Crippen LogP contribution in [0.15, 0.2) is 18.2 Å². The number of H-pyrrole nitrogens is 1. The van der Waals surface area contributed by atoms with E-state index in [1.54, 1.807) is 6.08 Å². The van der Waals surface area contributed by atoms with Gasteiger partial charge in [0.1, 0.15) is 11.4 Å². The molecule has 0 unspecified atom stereocenters. The lowest BCUT2D eigenvalue weighted by molar-refractivity contribution is -0.0665. The first-order chi connectivity index (χ1) is 15.3. The molecule has 7 nitrogen and oxygen atoms in total. The summed E-state index contributed by atoms with van der Waals surface area (Å²) in [6.45, 7) is 8.02. The van der Waals surface area contributed by atoms with Gasteiger partial charge in [0.05, 0.1) is 22.9 Å². The average molecular weight is 425 g/mol. The van der Waals surface area contributed by atoms with Gasteiger partial charge in [0, 0.05) is 17.3 Å². The highest BCUT2D eigenvalue weighted by atomic mass is 16.5. The molecule has 0 radical (unpaired) electrons. The number of fused-ring (bicyclic) bond motifs is 1. The summed E-state index contributed by atoms with van der Waals surface area (Å²) in [5, 5.41) is 22.5. The van der Waals surface area contributed by atoms with Gasteiger partial charge in [-0.1, -0.05) is 0 Å². The van der Waals surface area contributed by atoms with Crippen LogP contribution in [0.1, 0.15) is 47.2 Å². The van der Waals surface area contributed by atoms with Crippen LogP contribution in [0.2, 0.25) is 0 Å². The quantitative estimate of drug-likeness (QED) is 0.532. The van der Waals surface area contributed by atoms with Crippen molar-refractivity contribution in [3.05, 3.63) is 46.2 Å². The lowest BCUT2D eigenvalue weighted by Crippen LogP contribution is -2.70. The molecule has 0 spiro atoms. The molecule has 2 bridgehead atoms. The highest BCUT2D eigenvalue weighted by Gasteiger charge is 2.69. The standard InChI is InChI=1S/C25H24N6O/c1-14-8-18(6-5-7-26)9-15(2)20(14)32-22-19-16(3)17(4)28-21(19)29-23(30-22)31-25-10-24(11-25,12-25)13-27/h5-6,8-9H,10-12H2,1-4H3,(H2,28,29,30,31)/b6-5+. The predicted octanol–water partition coefficient (Wildman–Crippen LogP) is 5.38. The molecule has 3 aromatic rings. The predicted molar refractivity (Wildman–Crippen MR) is 122 cm³/mol. The van der Waals surface area contributed by atoms with E-state index in [4.69, 9.17) is 20.0 Å². The minimum atomic E-state index is -0.147. The van der Waals surface area contributed by atoms with E-state index in [0.717, 1.165) is 64.0 Å². The largest absolute Gasteiger partial charge is 0.438 e. The number of hydrogen-bond acceptors (Lipinski definition) is 6. The number of nitrogens with one attached hydrogen (secondary N) is 2. The summed E-state index contributed by atoms with van der Waals surface area (Å²) in [6, 6.07) is 8.44. The summed E-state index contributed by atoms with van der Waals surface area (Å²) in [4.78, 5) is 12.8. The van der Waals surface area contributed by atoms with Gasteiger partial charge in [-0.15, -0.1) is 0 Å². The molecule has 6 rings (SSSR count). The number of allylic oxidation sites excluding steroid dienone is 1. The van der Waals surface area contributed by atoms with Crippen molar-refractivity contribution in [2.45, 2.75) is 52.5 Å². The Morgan fingerprint density at radius 1 is 1.09 bits per heavy atom. The van der Waals surface area contributed by atoms with Gasteiger partial charge in [0.15, 0.2) is 0 Å². The lowest BCUT2D eigenvalue weighted by Gasteiger charge is -2.66. The highest BCUT2D eigenvalue weighted by molar-refractivity contribution is 5.87. The molecule has 32 heavy (non-hydrogen) atoms. The zero-order chi connectivity index (χ0) is 22.7. The smallest absolute Gasteiger partial charge is 0.233 e. The Labute approximate surface area is 186 Å². The van der Waals surface area contributed by atoms with E-state index in [0.29, 0.717) is 11.8 Å². The molecule has 7 heteroatoms. The molecule has 1 aromatic carbocycles. The fourth-order valence-corrected chi connectivity index (χ4v) is 5.20. The van der Waals surface area contributed by atoms with Crippen molar-refractivity contribution in [3.63, 3.8) is 0 Å². The van der Waals surface area contributed by atoms with Crippen LogP contribution in [0.25, 0.3) is 17.1 Å². The number of benzene rings is 1. The molecule has 2 aromatic heterocycles. The number of rotatable bonds is 5. The molecule has 160 valence electrons. The Morgan fingerprint density at radius 3 is 2.41 bits per heavy atom. The van der Waals surface area contributed by atoms with E-state index in [9.17, 15) is 5.26 Å². The number of hydrogen-bond donors (Lipinski definition) is 2. The second-order valence-corrected chi connectivity index (χ2v) is 9.33. The third-order valence-electron chi connectivity index (χ3n) is 6.80. The third kappa shape index (κ3) is 3.01.